The number of hydrogen-bond donors (Lipinski definition) is 0. The van der Waals surface area contributed by atoms with Gasteiger partial charge in [0.15, 0.2) is 0 Å². The Morgan fingerprint density at radius 1 is 0.932 bits per heavy atom. The van der Waals surface area contributed by atoms with Gasteiger partial charge in [-0.2, -0.15) is 0 Å². The van der Waals surface area contributed by atoms with E-state index in [1.54, 1.807) is 76.2 Å². The summed E-state index contributed by atoms with van der Waals surface area (Å²) in [6.45, 7) is 18.6. The minimum absolute atomic E-state index is 0.0905. The lowest BCUT2D eigenvalue weighted by Crippen LogP contribution is -2.45. The van der Waals surface area contributed by atoms with E-state index >= 15 is 0 Å². The number of halogens is 1. The number of aromatic nitrogens is 6. The molecule has 4 heterocycles. The monoisotopic (exact) mass is 830 g/mol. The summed E-state index contributed by atoms with van der Waals surface area (Å²) in [4.78, 5) is 85.0. The summed E-state index contributed by atoms with van der Waals surface area (Å²) in [6.07, 6.45) is -2.40. The summed E-state index contributed by atoms with van der Waals surface area (Å²) in [6, 6.07) is 1.08. The second kappa shape index (κ2) is 18.1. The molecule has 3 aromatic rings. The van der Waals surface area contributed by atoms with Crippen molar-refractivity contribution < 1.29 is 52.0 Å². The van der Waals surface area contributed by atoms with Crippen molar-refractivity contribution in [2.75, 3.05) is 6.61 Å². The Kier molecular flexibility index (Phi) is 14.1. The van der Waals surface area contributed by atoms with Crippen molar-refractivity contribution in [3.05, 3.63) is 74.3 Å². The van der Waals surface area contributed by atoms with Gasteiger partial charge in [0.1, 0.15) is 59.4 Å². The van der Waals surface area contributed by atoms with Crippen LogP contribution in [-0.4, -0.2) is 93.9 Å². The molecule has 19 nitrogen and oxygen atoms in total. The molecule has 1 fully saturated rings. The van der Waals surface area contributed by atoms with Crippen molar-refractivity contribution in [3.63, 3.8) is 0 Å². The SMILES string of the molecule is Cc1cn([C@H]2C[C@H](OC(=O)OC(C)(C)C)[C@@H](COC(=O)OC(C)(C)C)O2)c(=O)n(Cc2cn([C@H](C(=O)N(Cc3cc([18F])ccn3)C(=O)OC(C)(C)C)C(C)C)nn2)c1=O. The van der Waals surface area contributed by atoms with Gasteiger partial charge in [0.2, 0.25) is 0 Å². The molecular weight excluding hydrogens is 776 g/mol. The maximum atomic E-state index is 14.2. The molecule has 0 bridgehead atoms. The highest BCUT2D eigenvalue weighted by molar-refractivity contribution is 5.94. The highest BCUT2D eigenvalue weighted by atomic mass is 18.2. The van der Waals surface area contributed by atoms with E-state index in [1.807, 2.05) is 0 Å². The second-order valence-corrected chi connectivity index (χ2v) is 17.4. The number of pyridine rings is 1. The van der Waals surface area contributed by atoms with Crippen LogP contribution in [0.4, 0.5) is 18.8 Å². The van der Waals surface area contributed by atoms with E-state index in [9.17, 15) is 33.2 Å². The van der Waals surface area contributed by atoms with E-state index in [4.69, 9.17) is 28.4 Å². The smallest absolute Gasteiger partial charge is 0.443 e. The Labute approximate surface area is 340 Å². The first-order valence-corrected chi connectivity index (χ1v) is 19.0. The number of carbonyl (C=O) groups excluding carboxylic acids is 4. The van der Waals surface area contributed by atoms with Crippen LogP contribution in [-0.2, 0) is 46.3 Å². The van der Waals surface area contributed by atoms with Gasteiger partial charge < -0.3 is 28.4 Å². The third-order valence-corrected chi connectivity index (χ3v) is 8.28. The molecule has 59 heavy (non-hydrogen) atoms. The van der Waals surface area contributed by atoms with Gasteiger partial charge in [-0.1, -0.05) is 19.1 Å². The number of hydrogen-bond acceptors (Lipinski definition) is 15. The van der Waals surface area contributed by atoms with Crippen molar-refractivity contribution in [1.82, 2.24) is 34.0 Å². The van der Waals surface area contributed by atoms with E-state index in [1.165, 1.54) is 30.2 Å². The van der Waals surface area contributed by atoms with Crippen molar-refractivity contribution in [1.29, 1.82) is 0 Å². The molecule has 0 N–H and O–H groups in total. The quantitative estimate of drug-likeness (QED) is 0.179. The molecule has 4 atom stereocenters. The second-order valence-electron chi connectivity index (χ2n) is 17.4. The summed E-state index contributed by atoms with van der Waals surface area (Å²) in [5.74, 6) is -1.85. The molecule has 324 valence electrons. The van der Waals surface area contributed by atoms with Crippen molar-refractivity contribution in [2.45, 2.75) is 144 Å². The van der Waals surface area contributed by atoms with Gasteiger partial charge >= 0.3 is 24.1 Å². The van der Waals surface area contributed by atoms with E-state index < -0.39 is 108 Å². The molecule has 4 rings (SSSR count). The van der Waals surface area contributed by atoms with Gasteiger partial charge in [-0.3, -0.25) is 23.7 Å². The first-order valence-electron chi connectivity index (χ1n) is 19.0. The Morgan fingerprint density at radius 3 is 2.15 bits per heavy atom. The standard InChI is InChI=1S/C39H54FN7O12/c1-22(2)30(32(49)46(34(51)57-37(4,5)6)18-25-15-24(40)13-14-41-25)47-20-26(42-43-47)19-45-31(48)23(3)17-44(33(45)50)29-16-27(56-36(53)59-39(10,11)12)28(55-29)21-54-35(52)58-38(7,8)9/h13-15,17,20,22,27-30H,16,18-19,21H2,1-12H3/t27-,28+,29+,30-/m0/s1/i40-1. The molecule has 20 heteroatoms. The molecular formula is C39H54FN7O12. The van der Waals surface area contributed by atoms with E-state index in [2.05, 4.69) is 15.3 Å². The van der Waals surface area contributed by atoms with Gasteiger partial charge in [-0.15, -0.1) is 5.10 Å². The molecule has 3 aromatic heterocycles. The van der Waals surface area contributed by atoms with E-state index in [-0.39, 0.29) is 23.4 Å². The fourth-order valence-corrected chi connectivity index (χ4v) is 5.87. The number of nitrogens with zero attached hydrogens (tertiary/aromatic N) is 7. The Bertz CT molecular complexity index is 2130. The van der Waals surface area contributed by atoms with E-state index in [0.717, 1.165) is 26.2 Å². The predicted octanol–water partition coefficient (Wildman–Crippen LogP) is 5.21. The molecule has 2 amide bonds. The van der Waals surface area contributed by atoms with Crippen LogP contribution in [0.2, 0.25) is 0 Å². The van der Waals surface area contributed by atoms with Crippen LogP contribution in [0, 0.1) is 18.7 Å². The van der Waals surface area contributed by atoms with Crippen LogP contribution in [0.25, 0.3) is 0 Å². The van der Waals surface area contributed by atoms with Crippen molar-refractivity contribution in [2.24, 2.45) is 5.92 Å². The summed E-state index contributed by atoms with van der Waals surface area (Å²) < 4.78 is 50.3. The fraction of sp³-hybridized carbons (Fsp3) is 0.615. The summed E-state index contributed by atoms with van der Waals surface area (Å²) in [5, 5.41) is 8.27. The first-order chi connectivity index (χ1) is 27.2. The number of imide groups is 1. The maximum absolute atomic E-state index is 14.2. The molecule has 1 saturated heterocycles. The Hall–Kier alpha value is -5.66. The molecule has 0 spiro atoms. The third-order valence-electron chi connectivity index (χ3n) is 8.28. The van der Waals surface area contributed by atoms with Crippen LogP contribution in [0.1, 0.15) is 112 Å². The lowest BCUT2D eigenvalue weighted by molar-refractivity contribution is -0.136. The average Bonchev–Trinajstić information content (AvgIpc) is 3.70. The number of aryl methyl sites for hydroxylation is 1. The number of rotatable bonds is 11. The van der Waals surface area contributed by atoms with E-state index in [0.29, 0.717) is 0 Å². The van der Waals surface area contributed by atoms with Gasteiger partial charge in [0, 0.05) is 24.4 Å². The first kappa shape index (κ1) is 46.0. The highest BCUT2D eigenvalue weighted by Crippen LogP contribution is 2.31. The van der Waals surface area contributed by atoms with Gasteiger partial charge in [0.05, 0.1) is 25.0 Å². The van der Waals surface area contributed by atoms with Crippen LogP contribution in [0.3, 0.4) is 0 Å². The summed E-state index contributed by atoms with van der Waals surface area (Å²) >= 11 is 0. The Morgan fingerprint density at radius 2 is 1.56 bits per heavy atom. The fourth-order valence-electron chi connectivity index (χ4n) is 5.87. The normalized spacial score (nSPS) is 17.6. The molecule has 0 unspecified atom stereocenters. The largest absolute Gasteiger partial charge is 0.509 e. The highest BCUT2D eigenvalue weighted by Gasteiger charge is 2.42. The number of carbonyl (C=O) groups is 4. The average molecular weight is 831 g/mol. The van der Waals surface area contributed by atoms with Crippen molar-refractivity contribution in [3.8, 4) is 0 Å². The minimum Gasteiger partial charge on any atom is -0.443 e. The zero-order chi connectivity index (χ0) is 44.2. The van der Waals surface area contributed by atoms with Crippen LogP contribution >= 0.6 is 0 Å². The lowest BCUT2D eigenvalue weighted by atomic mass is 10.0. The topological polar surface area (TPSA) is 214 Å². The van der Waals surface area contributed by atoms with Gasteiger partial charge in [-0.25, -0.2) is 33.2 Å². The maximum Gasteiger partial charge on any atom is 0.509 e. The van der Waals surface area contributed by atoms with Crippen LogP contribution in [0.15, 0.2) is 40.3 Å². The van der Waals surface area contributed by atoms with Crippen LogP contribution < -0.4 is 11.2 Å². The van der Waals surface area contributed by atoms with Gasteiger partial charge in [-0.05, 0) is 87.3 Å². The molecule has 0 aromatic carbocycles. The number of ether oxygens (including phenoxy) is 6. The zero-order valence-electron chi connectivity index (χ0n) is 35.5. The number of amides is 2. The molecule has 1 aliphatic rings. The lowest BCUT2D eigenvalue weighted by Gasteiger charge is -2.29. The molecule has 1 aliphatic heterocycles. The van der Waals surface area contributed by atoms with Crippen molar-refractivity contribution >= 4 is 24.3 Å². The summed E-state index contributed by atoms with van der Waals surface area (Å²) in [5.41, 5.74) is -3.83. The molecule has 0 aliphatic carbocycles. The van der Waals surface area contributed by atoms with Crippen LogP contribution in [0.5, 0.6) is 0 Å². The predicted molar refractivity (Wildman–Crippen MR) is 205 cm³/mol. The minimum atomic E-state index is -1.14. The molecule has 0 saturated carbocycles. The zero-order valence-corrected chi connectivity index (χ0v) is 35.5. The summed E-state index contributed by atoms with van der Waals surface area (Å²) in [7, 11) is 0. The third kappa shape index (κ3) is 12.9. The molecule has 0 radical (unpaired) electrons. The Balaban J connectivity index is 1.63. The van der Waals surface area contributed by atoms with Gasteiger partial charge in [0.25, 0.3) is 11.5 Å².